The van der Waals surface area contributed by atoms with Gasteiger partial charge in [0.25, 0.3) is 11.8 Å². The van der Waals surface area contributed by atoms with Gasteiger partial charge in [0, 0.05) is 42.3 Å². The van der Waals surface area contributed by atoms with Crippen molar-refractivity contribution in [2.24, 2.45) is 5.84 Å². The molecule has 4 aromatic carbocycles. The largest absolute Gasteiger partial charge is 0.443 e. The minimum Gasteiger partial charge on any atom is -0.443 e. The molecule has 0 fully saturated rings. The molecule has 11 nitrogen and oxygen atoms in total. The molecule has 0 bridgehead atoms. The normalized spacial score (nSPS) is 12.2. The molecular formula is C42H48N6O5S. The zero-order valence-corrected chi connectivity index (χ0v) is 31.9. The molecule has 0 radical (unpaired) electrons. The number of nitrogens with two attached hydrogens (primary N) is 1. The van der Waals surface area contributed by atoms with Gasteiger partial charge in [-0.2, -0.15) is 0 Å². The van der Waals surface area contributed by atoms with E-state index in [0.29, 0.717) is 36.3 Å². The molecule has 0 saturated carbocycles. The Morgan fingerprint density at radius 3 is 2.24 bits per heavy atom. The predicted octanol–water partition coefficient (Wildman–Crippen LogP) is 6.36. The fraction of sp³-hybridized carbons (Fsp3) is 0.286. The van der Waals surface area contributed by atoms with Crippen LogP contribution in [0.3, 0.4) is 0 Å². The van der Waals surface area contributed by atoms with Gasteiger partial charge in [0.15, 0.2) is 0 Å². The maximum absolute atomic E-state index is 13.6. The van der Waals surface area contributed by atoms with Crippen LogP contribution in [0.1, 0.15) is 73.4 Å². The Labute approximate surface area is 320 Å². The number of aliphatic hydroxyl groups excluding tert-OH is 1. The highest BCUT2D eigenvalue weighted by Crippen LogP contribution is 2.24. The van der Waals surface area contributed by atoms with E-state index in [-0.39, 0.29) is 25.0 Å². The van der Waals surface area contributed by atoms with Gasteiger partial charge in [0.2, 0.25) is 0 Å². The summed E-state index contributed by atoms with van der Waals surface area (Å²) in [5.41, 5.74) is 5.71. The maximum atomic E-state index is 13.6. The van der Waals surface area contributed by atoms with Gasteiger partial charge in [0.05, 0.1) is 24.4 Å². The molecular weight excluding hydrogens is 701 g/mol. The number of aromatic nitrogens is 1. The first-order valence-electron chi connectivity index (χ1n) is 17.9. The van der Waals surface area contributed by atoms with Crippen molar-refractivity contribution in [1.82, 2.24) is 20.5 Å². The second kappa shape index (κ2) is 19.1. The number of rotatable bonds is 16. The second-order valence-electron chi connectivity index (χ2n) is 13.6. The summed E-state index contributed by atoms with van der Waals surface area (Å²) >= 11 is 1.50. The van der Waals surface area contributed by atoms with Crippen molar-refractivity contribution in [2.75, 3.05) is 18.6 Å². The van der Waals surface area contributed by atoms with E-state index in [2.05, 4.69) is 29.5 Å². The molecule has 5 N–H and O–H groups in total. The number of nitrogens with one attached hydrogen (secondary N) is 2. The third-order valence-corrected chi connectivity index (χ3v) is 9.82. The number of hydrazine groups is 1. The number of ether oxygens (including phenoxy) is 1. The molecule has 282 valence electrons. The van der Waals surface area contributed by atoms with Gasteiger partial charge in [0.1, 0.15) is 11.6 Å². The first kappa shape index (κ1) is 39.8. The molecule has 0 spiro atoms. The third kappa shape index (κ3) is 11.3. The van der Waals surface area contributed by atoms with Crippen LogP contribution in [0.5, 0.6) is 0 Å². The van der Waals surface area contributed by atoms with E-state index in [1.165, 1.54) is 11.3 Å². The van der Waals surface area contributed by atoms with Crippen molar-refractivity contribution in [3.8, 4) is 0 Å². The highest BCUT2D eigenvalue weighted by molar-refractivity contribution is 7.09. The molecule has 0 unspecified atom stereocenters. The number of nitrogens with zero attached hydrogens (tertiary/aromatic N) is 3. The fourth-order valence-corrected chi connectivity index (χ4v) is 6.67. The van der Waals surface area contributed by atoms with Crippen LogP contribution in [0.25, 0.3) is 0 Å². The lowest BCUT2D eigenvalue weighted by Crippen LogP contribution is -2.48. The molecule has 5 aromatic rings. The molecule has 3 amide bonds. The number of aliphatic hydroxyl groups is 1. The molecule has 54 heavy (non-hydrogen) atoms. The molecule has 2 atom stereocenters. The lowest BCUT2D eigenvalue weighted by Gasteiger charge is -2.25. The standard InChI is InChI=1S/C42H48N6O5S/c1-28(2)35-18-32(19-36(22-35)48(43)42(52)53-26-31-14-9-6-10-15-31)23-44-24-38(49)37(20-30-12-7-5-8-13-30)46-40(50)33-16-11-17-34(21-33)41(51)47(4)25-39-45-29(3)27-54-39/h5-19,21-22,27-28,37-38,44,49H,20,23-26,43H2,1-4H3,(H,46,50)/t37-,38+/m0/s1. The van der Waals surface area contributed by atoms with Crippen LogP contribution in [-0.4, -0.2) is 58.6 Å². The number of amides is 3. The zero-order valence-electron chi connectivity index (χ0n) is 31.1. The Hall–Kier alpha value is -5.40. The zero-order chi connectivity index (χ0) is 38.6. The van der Waals surface area contributed by atoms with Crippen molar-refractivity contribution in [2.45, 2.75) is 65.0 Å². The van der Waals surface area contributed by atoms with E-state index >= 15 is 0 Å². The Bertz CT molecular complexity index is 2010. The monoisotopic (exact) mass is 748 g/mol. The van der Waals surface area contributed by atoms with Crippen LogP contribution in [0.2, 0.25) is 0 Å². The number of hydrogen-bond acceptors (Lipinski definition) is 9. The van der Waals surface area contributed by atoms with Gasteiger partial charge in [-0.05, 0) is 71.8 Å². The number of thiazole rings is 1. The fourth-order valence-electron chi connectivity index (χ4n) is 5.84. The Morgan fingerprint density at radius 2 is 1.57 bits per heavy atom. The summed E-state index contributed by atoms with van der Waals surface area (Å²) in [7, 11) is 1.71. The van der Waals surface area contributed by atoms with E-state index in [9.17, 15) is 19.5 Å². The van der Waals surface area contributed by atoms with Gasteiger partial charge >= 0.3 is 6.09 Å². The molecule has 0 aliphatic carbocycles. The van der Waals surface area contributed by atoms with Crippen molar-refractivity contribution in [1.29, 1.82) is 0 Å². The highest BCUT2D eigenvalue weighted by atomic mass is 32.1. The van der Waals surface area contributed by atoms with Crippen LogP contribution in [0.15, 0.2) is 109 Å². The lowest BCUT2D eigenvalue weighted by molar-refractivity contribution is 0.0784. The highest BCUT2D eigenvalue weighted by Gasteiger charge is 2.24. The van der Waals surface area contributed by atoms with E-state index < -0.39 is 24.1 Å². The molecule has 0 saturated heterocycles. The SMILES string of the molecule is Cc1csc(CN(C)C(=O)c2cccc(C(=O)N[C@@H](Cc3ccccc3)[C@H](O)CNCc3cc(C(C)C)cc(N(N)C(=O)OCc4ccccc4)c3)c2)n1. The Morgan fingerprint density at radius 1 is 0.889 bits per heavy atom. The quantitative estimate of drug-likeness (QED) is 0.0518. The summed E-state index contributed by atoms with van der Waals surface area (Å²) in [6, 6.07) is 30.6. The summed E-state index contributed by atoms with van der Waals surface area (Å²) in [4.78, 5) is 45.8. The summed E-state index contributed by atoms with van der Waals surface area (Å²) in [5.74, 6) is 5.76. The number of carbonyl (C=O) groups is 3. The number of hydrogen-bond donors (Lipinski definition) is 4. The molecule has 1 heterocycles. The second-order valence-corrected chi connectivity index (χ2v) is 14.5. The Kier molecular flexibility index (Phi) is 14.1. The van der Waals surface area contributed by atoms with Crippen LogP contribution in [-0.2, 0) is 30.9 Å². The van der Waals surface area contributed by atoms with E-state index in [1.807, 2.05) is 91.2 Å². The Balaban J connectivity index is 1.24. The van der Waals surface area contributed by atoms with Crippen LogP contribution in [0.4, 0.5) is 10.5 Å². The van der Waals surface area contributed by atoms with Gasteiger partial charge in [-0.15, -0.1) is 11.3 Å². The molecule has 0 aliphatic heterocycles. The van der Waals surface area contributed by atoms with E-state index in [1.54, 1.807) is 36.2 Å². The predicted molar refractivity (Wildman–Crippen MR) is 212 cm³/mol. The average Bonchev–Trinajstić information content (AvgIpc) is 3.60. The smallest absolute Gasteiger partial charge is 0.429 e. The number of anilines is 1. The molecule has 5 rings (SSSR count). The van der Waals surface area contributed by atoms with Gasteiger partial charge in [-0.1, -0.05) is 86.6 Å². The van der Waals surface area contributed by atoms with Crippen LogP contribution in [0, 0.1) is 6.92 Å². The summed E-state index contributed by atoms with van der Waals surface area (Å²) < 4.78 is 5.45. The molecule has 0 aliphatic rings. The third-order valence-electron chi connectivity index (χ3n) is 8.87. The minimum absolute atomic E-state index is 0.0960. The molecule has 1 aromatic heterocycles. The van der Waals surface area contributed by atoms with Crippen molar-refractivity contribution in [3.05, 3.63) is 153 Å². The van der Waals surface area contributed by atoms with Gasteiger partial charge in [-0.25, -0.2) is 20.6 Å². The van der Waals surface area contributed by atoms with Crippen LogP contribution >= 0.6 is 11.3 Å². The number of aryl methyl sites for hydroxylation is 1. The topological polar surface area (TPSA) is 150 Å². The van der Waals surface area contributed by atoms with E-state index in [0.717, 1.165) is 38.0 Å². The van der Waals surface area contributed by atoms with E-state index in [4.69, 9.17) is 10.6 Å². The average molecular weight is 749 g/mol. The first-order chi connectivity index (χ1) is 26.0. The maximum Gasteiger partial charge on any atom is 0.429 e. The van der Waals surface area contributed by atoms with Crippen molar-refractivity contribution < 1.29 is 24.2 Å². The summed E-state index contributed by atoms with van der Waals surface area (Å²) in [6.07, 6.45) is -1.27. The minimum atomic E-state index is -0.974. The number of carbonyl (C=O) groups excluding carboxylic acids is 3. The first-order valence-corrected chi connectivity index (χ1v) is 18.7. The molecule has 12 heteroatoms. The van der Waals surface area contributed by atoms with Crippen molar-refractivity contribution >= 4 is 34.9 Å². The van der Waals surface area contributed by atoms with Gasteiger partial charge < -0.3 is 25.4 Å². The number of benzene rings is 4. The van der Waals surface area contributed by atoms with Crippen LogP contribution < -0.4 is 21.5 Å². The summed E-state index contributed by atoms with van der Waals surface area (Å²) in [6.45, 7) is 7.00. The summed E-state index contributed by atoms with van der Waals surface area (Å²) in [5, 5.41) is 21.6. The van der Waals surface area contributed by atoms with Gasteiger partial charge in [-0.3, -0.25) is 9.59 Å². The van der Waals surface area contributed by atoms with Crippen molar-refractivity contribution in [3.63, 3.8) is 0 Å². The lowest BCUT2D eigenvalue weighted by atomic mass is 9.99.